The lowest BCUT2D eigenvalue weighted by Crippen LogP contribution is -2.27. The Labute approximate surface area is 128 Å². The van der Waals surface area contributed by atoms with E-state index in [1.54, 1.807) is 23.7 Å². The van der Waals surface area contributed by atoms with Crippen LogP contribution in [0.2, 0.25) is 0 Å². The average molecular weight is 302 g/mol. The molecule has 1 amide bonds. The smallest absolute Gasteiger partial charge is 0.223 e. The summed E-state index contributed by atoms with van der Waals surface area (Å²) in [5.74, 6) is 0.735. The quantitative estimate of drug-likeness (QED) is 0.833. The van der Waals surface area contributed by atoms with Gasteiger partial charge in [-0.3, -0.25) is 4.79 Å². The van der Waals surface area contributed by atoms with Crippen LogP contribution in [0.4, 0.5) is 0 Å². The predicted molar refractivity (Wildman–Crippen MR) is 84.0 cm³/mol. The molecule has 21 heavy (non-hydrogen) atoms. The van der Waals surface area contributed by atoms with Crippen LogP contribution in [0.15, 0.2) is 23.4 Å². The molecule has 0 aliphatic heterocycles. The van der Waals surface area contributed by atoms with Gasteiger partial charge in [0, 0.05) is 25.8 Å². The predicted octanol–water partition coefficient (Wildman–Crippen LogP) is 2.73. The summed E-state index contributed by atoms with van der Waals surface area (Å²) in [5.41, 5.74) is 3.16. The topological polar surface area (TPSA) is 72.8 Å². The maximum atomic E-state index is 11.8. The third kappa shape index (κ3) is 4.23. The molecule has 1 N–H and O–H groups in total. The summed E-state index contributed by atoms with van der Waals surface area (Å²) in [5, 5.41) is 9.34. The second kappa shape index (κ2) is 7.14. The van der Waals surface area contributed by atoms with Crippen molar-refractivity contribution < 1.29 is 4.79 Å². The molecule has 5 nitrogen and oxygen atoms in total. The van der Waals surface area contributed by atoms with Crippen LogP contribution in [0.1, 0.15) is 18.4 Å². The van der Waals surface area contributed by atoms with Gasteiger partial charge < -0.3 is 9.88 Å². The Bertz CT molecular complexity index is 674. The Morgan fingerprint density at radius 1 is 1.52 bits per heavy atom. The number of aryl methyl sites for hydroxylation is 1. The first-order valence-corrected chi connectivity index (χ1v) is 7.79. The highest BCUT2D eigenvalue weighted by molar-refractivity contribution is 7.99. The van der Waals surface area contributed by atoms with Gasteiger partial charge in [-0.2, -0.15) is 5.26 Å². The van der Waals surface area contributed by atoms with Crippen molar-refractivity contribution in [3.05, 3.63) is 23.8 Å². The monoisotopic (exact) mass is 302 g/mol. The first kappa shape index (κ1) is 15.4. The van der Waals surface area contributed by atoms with Crippen molar-refractivity contribution >= 4 is 28.7 Å². The summed E-state index contributed by atoms with van der Waals surface area (Å²) in [4.78, 5) is 21.2. The molecule has 0 fully saturated rings. The van der Waals surface area contributed by atoms with E-state index in [4.69, 9.17) is 5.26 Å². The minimum absolute atomic E-state index is 0.0599. The van der Waals surface area contributed by atoms with Crippen molar-refractivity contribution in [1.82, 2.24) is 14.9 Å². The molecule has 2 rings (SSSR count). The zero-order valence-electron chi connectivity index (χ0n) is 12.2. The number of rotatable bonds is 6. The molecular formula is C15H18N4OS. The molecular weight excluding hydrogens is 284 g/mol. The second-order valence-electron chi connectivity index (χ2n) is 4.88. The van der Waals surface area contributed by atoms with Crippen molar-refractivity contribution in [2.75, 3.05) is 19.3 Å². The minimum Gasteiger partial charge on any atom is -0.345 e. The molecule has 0 atom stereocenters. The van der Waals surface area contributed by atoms with E-state index in [0.29, 0.717) is 25.1 Å². The van der Waals surface area contributed by atoms with Crippen LogP contribution in [-0.4, -0.2) is 40.1 Å². The van der Waals surface area contributed by atoms with E-state index >= 15 is 0 Å². The van der Waals surface area contributed by atoms with Crippen LogP contribution >= 0.6 is 11.8 Å². The van der Waals surface area contributed by atoms with Gasteiger partial charge in [0.25, 0.3) is 0 Å². The first-order valence-electron chi connectivity index (χ1n) is 6.80. The molecule has 1 aromatic heterocycles. The lowest BCUT2D eigenvalue weighted by Gasteiger charge is -2.14. The Kier molecular flexibility index (Phi) is 5.23. The number of carbonyl (C=O) groups is 1. The van der Waals surface area contributed by atoms with Gasteiger partial charge in [-0.1, -0.05) is 17.8 Å². The zero-order valence-corrected chi connectivity index (χ0v) is 13.0. The number of aromatic nitrogens is 2. The van der Waals surface area contributed by atoms with Crippen molar-refractivity contribution in [1.29, 1.82) is 5.26 Å². The number of hydrogen-bond acceptors (Lipinski definition) is 4. The molecule has 0 saturated heterocycles. The SMILES string of the molecule is Cc1ccc2nc(SCCC(=O)N(C)CCC#N)[nH]c2c1. The van der Waals surface area contributed by atoms with Crippen molar-refractivity contribution in [3.63, 3.8) is 0 Å². The number of aromatic amines is 1. The Balaban J connectivity index is 1.85. The summed E-state index contributed by atoms with van der Waals surface area (Å²) in [6.45, 7) is 2.53. The molecule has 0 aliphatic carbocycles. The van der Waals surface area contributed by atoms with Gasteiger partial charge >= 0.3 is 0 Å². The lowest BCUT2D eigenvalue weighted by atomic mass is 10.2. The molecule has 6 heteroatoms. The highest BCUT2D eigenvalue weighted by Crippen LogP contribution is 2.21. The van der Waals surface area contributed by atoms with E-state index < -0.39 is 0 Å². The number of nitriles is 1. The third-order valence-electron chi connectivity index (χ3n) is 3.16. The summed E-state index contributed by atoms with van der Waals surface area (Å²) in [6, 6.07) is 8.13. The Morgan fingerprint density at radius 2 is 2.33 bits per heavy atom. The van der Waals surface area contributed by atoms with Crippen LogP contribution < -0.4 is 0 Å². The number of amides is 1. The fourth-order valence-corrected chi connectivity index (χ4v) is 2.75. The van der Waals surface area contributed by atoms with E-state index in [1.807, 2.05) is 25.1 Å². The summed E-state index contributed by atoms with van der Waals surface area (Å²) in [6.07, 6.45) is 0.820. The van der Waals surface area contributed by atoms with Gasteiger partial charge in [0.15, 0.2) is 5.16 Å². The lowest BCUT2D eigenvalue weighted by molar-refractivity contribution is -0.129. The standard InChI is InChI=1S/C15H18N4OS/c1-11-4-5-12-13(10-11)18-15(17-12)21-9-6-14(20)19(2)8-3-7-16/h4-5,10H,3,6,8-9H2,1-2H3,(H,17,18). The molecule has 0 radical (unpaired) electrons. The van der Waals surface area contributed by atoms with E-state index in [2.05, 4.69) is 16.0 Å². The molecule has 1 heterocycles. The van der Waals surface area contributed by atoms with Crippen LogP contribution in [0.3, 0.4) is 0 Å². The number of nitrogens with one attached hydrogen (secondary N) is 1. The van der Waals surface area contributed by atoms with Crippen LogP contribution in [0.5, 0.6) is 0 Å². The molecule has 2 aromatic rings. The fourth-order valence-electron chi connectivity index (χ4n) is 1.94. The molecule has 0 saturated carbocycles. The number of carbonyl (C=O) groups excluding carboxylic acids is 1. The van der Waals surface area contributed by atoms with Gasteiger partial charge in [0.2, 0.25) is 5.91 Å². The summed E-state index contributed by atoms with van der Waals surface area (Å²) < 4.78 is 0. The van der Waals surface area contributed by atoms with Gasteiger partial charge in [-0.05, 0) is 24.6 Å². The molecule has 0 bridgehead atoms. The average Bonchev–Trinajstić information content (AvgIpc) is 2.86. The number of H-pyrrole nitrogens is 1. The van der Waals surface area contributed by atoms with Crippen molar-refractivity contribution in [2.24, 2.45) is 0 Å². The highest BCUT2D eigenvalue weighted by Gasteiger charge is 2.09. The van der Waals surface area contributed by atoms with E-state index in [1.165, 1.54) is 5.56 Å². The third-order valence-corrected chi connectivity index (χ3v) is 4.03. The van der Waals surface area contributed by atoms with Gasteiger partial charge in [-0.15, -0.1) is 0 Å². The number of nitrogens with zero attached hydrogens (tertiary/aromatic N) is 3. The second-order valence-corrected chi connectivity index (χ2v) is 5.97. The molecule has 1 aromatic carbocycles. The molecule has 110 valence electrons. The van der Waals surface area contributed by atoms with Crippen molar-refractivity contribution in [2.45, 2.75) is 24.9 Å². The molecule has 0 unspecified atom stereocenters. The molecule has 0 spiro atoms. The first-order chi connectivity index (χ1) is 10.1. The normalized spacial score (nSPS) is 10.5. The summed E-state index contributed by atoms with van der Waals surface area (Å²) in [7, 11) is 1.73. The largest absolute Gasteiger partial charge is 0.345 e. The van der Waals surface area contributed by atoms with Crippen molar-refractivity contribution in [3.8, 4) is 6.07 Å². The van der Waals surface area contributed by atoms with Crippen LogP contribution in [0, 0.1) is 18.3 Å². The van der Waals surface area contributed by atoms with Gasteiger partial charge in [0.1, 0.15) is 0 Å². The fraction of sp³-hybridized carbons (Fsp3) is 0.400. The Hall–Kier alpha value is -2.00. The number of thioether (sulfide) groups is 1. The number of imidazole rings is 1. The maximum Gasteiger partial charge on any atom is 0.223 e. The van der Waals surface area contributed by atoms with E-state index in [-0.39, 0.29) is 5.91 Å². The molecule has 0 aliphatic rings. The maximum absolute atomic E-state index is 11.8. The van der Waals surface area contributed by atoms with E-state index in [0.717, 1.165) is 16.2 Å². The summed E-state index contributed by atoms with van der Waals surface area (Å²) >= 11 is 1.54. The Morgan fingerprint density at radius 3 is 3.10 bits per heavy atom. The number of hydrogen-bond donors (Lipinski definition) is 1. The van der Waals surface area contributed by atoms with Crippen LogP contribution in [0.25, 0.3) is 11.0 Å². The van der Waals surface area contributed by atoms with E-state index in [9.17, 15) is 4.79 Å². The van der Waals surface area contributed by atoms with Gasteiger partial charge in [-0.25, -0.2) is 4.98 Å². The van der Waals surface area contributed by atoms with Gasteiger partial charge in [0.05, 0.1) is 23.5 Å². The van der Waals surface area contributed by atoms with Crippen LogP contribution in [-0.2, 0) is 4.79 Å². The highest BCUT2D eigenvalue weighted by atomic mass is 32.2. The number of benzene rings is 1. The zero-order chi connectivity index (χ0) is 15.2. The minimum atomic E-state index is 0.0599. The number of fused-ring (bicyclic) bond motifs is 1.